The highest BCUT2D eigenvalue weighted by Crippen LogP contribution is 2.14. The zero-order valence-corrected chi connectivity index (χ0v) is 13.6. The van der Waals surface area contributed by atoms with E-state index >= 15 is 0 Å². The first kappa shape index (κ1) is 16.6. The number of amides is 1. The van der Waals surface area contributed by atoms with Crippen LogP contribution < -0.4 is 15.1 Å². The van der Waals surface area contributed by atoms with Gasteiger partial charge in [0.05, 0.1) is 12.8 Å². The molecular formula is C17H21N3O3. The summed E-state index contributed by atoms with van der Waals surface area (Å²) in [6.45, 7) is 2.70. The third-order valence-corrected chi connectivity index (χ3v) is 3.00. The van der Waals surface area contributed by atoms with Crippen molar-refractivity contribution in [3.8, 4) is 5.75 Å². The van der Waals surface area contributed by atoms with Gasteiger partial charge in [0.25, 0.3) is 5.91 Å². The third kappa shape index (κ3) is 4.88. The molecule has 6 nitrogen and oxygen atoms in total. The van der Waals surface area contributed by atoms with Crippen LogP contribution in [0.25, 0.3) is 0 Å². The SMILES string of the molecule is CCCOc1ccc(C(=O)NN=Cc2ccc(N(C)C)o2)cc1. The zero-order valence-electron chi connectivity index (χ0n) is 13.6. The van der Waals surface area contributed by atoms with Crippen LogP contribution in [-0.4, -0.2) is 32.8 Å². The molecule has 0 radical (unpaired) electrons. The number of carbonyl (C=O) groups excluding carboxylic acids is 1. The Kier molecular flexibility index (Phi) is 5.80. The van der Waals surface area contributed by atoms with Gasteiger partial charge in [-0.15, -0.1) is 0 Å². The van der Waals surface area contributed by atoms with Crippen LogP contribution in [0.4, 0.5) is 5.88 Å². The highest BCUT2D eigenvalue weighted by molar-refractivity contribution is 5.94. The molecule has 122 valence electrons. The van der Waals surface area contributed by atoms with Gasteiger partial charge in [0.1, 0.15) is 11.5 Å². The van der Waals surface area contributed by atoms with Crippen molar-refractivity contribution in [2.75, 3.05) is 25.6 Å². The van der Waals surface area contributed by atoms with Crippen LogP contribution in [0.1, 0.15) is 29.5 Å². The van der Waals surface area contributed by atoms with Gasteiger partial charge in [-0.1, -0.05) is 6.92 Å². The average Bonchev–Trinajstić information content (AvgIpc) is 3.02. The van der Waals surface area contributed by atoms with E-state index in [-0.39, 0.29) is 5.91 Å². The second-order valence-electron chi connectivity index (χ2n) is 5.14. The lowest BCUT2D eigenvalue weighted by molar-refractivity contribution is 0.0955. The Bertz CT molecular complexity index is 660. The van der Waals surface area contributed by atoms with E-state index in [9.17, 15) is 4.79 Å². The Labute approximate surface area is 135 Å². The van der Waals surface area contributed by atoms with Gasteiger partial charge in [-0.05, 0) is 36.8 Å². The van der Waals surface area contributed by atoms with Gasteiger partial charge in [0.2, 0.25) is 0 Å². The minimum absolute atomic E-state index is 0.289. The highest BCUT2D eigenvalue weighted by atomic mass is 16.5. The first-order valence-corrected chi connectivity index (χ1v) is 7.43. The molecule has 0 spiro atoms. The van der Waals surface area contributed by atoms with E-state index in [0.717, 1.165) is 18.1 Å². The molecule has 23 heavy (non-hydrogen) atoms. The van der Waals surface area contributed by atoms with Gasteiger partial charge >= 0.3 is 0 Å². The lowest BCUT2D eigenvalue weighted by Crippen LogP contribution is -2.17. The summed E-state index contributed by atoms with van der Waals surface area (Å²) in [6, 6.07) is 10.6. The molecule has 0 aliphatic carbocycles. The van der Waals surface area contributed by atoms with Gasteiger partial charge in [-0.3, -0.25) is 4.79 Å². The maximum absolute atomic E-state index is 12.0. The molecule has 0 saturated heterocycles. The third-order valence-electron chi connectivity index (χ3n) is 3.00. The van der Waals surface area contributed by atoms with Gasteiger partial charge in [-0.25, -0.2) is 5.43 Å². The maximum Gasteiger partial charge on any atom is 0.271 e. The molecule has 0 bridgehead atoms. The average molecular weight is 315 g/mol. The van der Waals surface area contributed by atoms with E-state index in [1.807, 2.05) is 32.0 Å². The Morgan fingerprint density at radius 2 is 2.00 bits per heavy atom. The second-order valence-corrected chi connectivity index (χ2v) is 5.14. The number of furan rings is 1. The molecule has 2 rings (SSSR count). The predicted octanol–water partition coefficient (Wildman–Crippen LogP) is 2.90. The molecular weight excluding hydrogens is 294 g/mol. The summed E-state index contributed by atoms with van der Waals surface area (Å²) in [4.78, 5) is 13.8. The van der Waals surface area contributed by atoms with E-state index in [1.54, 1.807) is 30.3 Å². The van der Waals surface area contributed by atoms with Crippen molar-refractivity contribution in [2.24, 2.45) is 5.10 Å². The van der Waals surface area contributed by atoms with Gasteiger partial charge in [0, 0.05) is 25.7 Å². The zero-order chi connectivity index (χ0) is 16.7. The fourth-order valence-electron chi connectivity index (χ4n) is 1.79. The molecule has 0 atom stereocenters. The van der Waals surface area contributed by atoms with Crippen LogP contribution in [0.5, 0.6) is 5.75 Å². The summed E-state index contributed by atoms with van der Waals surface area (Å²) >= 11 is 0. The summed E-state index contributed by atoms with van der Waals surface area (Å²) in [5, 5.41) is 3.89. The van der Waals surface area contributed by atoms with E-state index in [1.165, 1.54) is 6.21 Å². The van der Waals surface area contributed by atoms with Crippen LogP contribution in [0.3, 0.4) is 0 Å². The quantitative estimate of drug-likeness (QED) is 0.630. The molecule has 0 saturated carbocycles. The number of ether oxygens (including phenoxy) is 1. The summed E-state index contributed by atoms with van der Waals surface area (Å²) in [5.74, 6) is 1.75. The molecule has 1 aromatic heterocycles. The summed E-state index contributed by atoms with van der Waals surface area (Å²) in [7, 11) is 3.77. The van der Waals surface area contributed by atoms with Crippen molar-refractivity contribution >= 4 is 18.0 Å². The largest absolute Gasteiger partial charge is 0.494 e. The molecule has 1 N–H and O–H groups in total. The minimum Gasteiger partial charge on any atom is -0.494 e. The molecule has 6 heteroatoms. The Hall–Kier alpha value is -2.76. The van der Waals surface area contributed by atoms with Crippen LogP contribution in [0.15, 0.2) is 45.9 Å². The normalized spacial score (nSPS) is 10.7. The number of hydrogen-bond donors (Lipinski definition) is 1. The predicted molar refractivity (Wildman–Crippen MR) is 90.3 cm³/mol. The van der Waals surface area contributed by atoms with Crippen LogP contribution in [-0.2, 0) is 0 Å². The second kappa shape index (κ2) is 8.03. The molecule has 1 amide bonds. The number of carbonyl (C=O) groups is 1. The summed E-state index contributed by atoms with van der Waals surface area (Å²) < 4.78 is 11.0. The minimum atomic E-state index is -0.289. The smallest absolute Gasteiger partial charge is 0.271 e. The highest BCUT2D eigenvalue weighted by Gasteiger charge is 2.05. The molecule has 1 aromatic carbocycles. The number of nitrogens with zero attached hydrogens (tertiary/aromatic N) is 2. The fourth-order valence-corrected chi connectivity index (χ4v) is 1.79. The molecule has 0 aliphatic heterocycles. The standard InChI is InChI=1S/C17H21N3O3/c1-4-11-22-14-7-5-13(6-8-14)17(21)19-18-12-15-9-10-16(23-15)20(2)3/h5-10,12H,4,11H2,1-3H3,(H,19,21). The number of rotatable bonds is 7. The molecule has 0 unspecified atom stereocenters. The van der Waals surface area contributed by atoms with Crippen molar-refractivity contribution in [1.82, 2.24) is 5.43 Å². The van der Waals surface area contributed by atoms with Crippen molar-refractivity contribution < 1.29 is 13.9 Å². The van der Waals surface area contributed by atoms with E-state index < -0.39 is 0 Å². The fraction of sp³-hybridized carbons (Fsp3) is 0.294. The molecule has 2 aromatic rings. The Balaban J connectivity index is 1.89. The topological polar surface area (TPSA) is 67.1 Å². The van der Waals surface area contributed by atoms with Crippen LogP contribution in [0, 0.1) is 0 Å². The van der Waals surface area contributed by atoms with Crippen LogP contribution >= 0.6 is 0 Å². The number of hydrazone groups is 1. The molecule has 1 heterocycles. The molecule has 0 fully saturated rings. The number of benzene rings is 1. The first-order valence-electron chi connectivity index (χ1n) is 7.43. The van der Waals surface area contributed by atoms with E-state index in [2.05, 4.69) is 10.5 Å². The van der Waals surface area contributed by atoms with Gasteiger partial charge < -0.3 is 14.1 Å². The first-order chi connectivity index (χ1) is 11.1. The van der Waals surface area contributed by atoms with Crippen molar-refractivity contribution in [3.05, 3.63) is 47.7 Å². The van der Waals surface area contributed by atoms with E-state index in [4.69, 9.17) is 9.15 Å². The van der Waals surface area contributed by atoms with Gasteiger partial charge in [0.15, 0.2) is 5.88 Å². The van der Waals surface area contributed by atoms with Crippen molar-refractivity contribution in [3.63, 3.8) is 0 Å². The lowest BCUT2D eigenvalue weighted by Gasteiger charge is -2.06. The summed E-state index contributed by atoms with van der Waals surface area (Å²) in [6.07, 6.45) is 2.41. The van der Waals surface area contributed by atoms with Crippen molar-refractivity contribution in [2.45, 2.75) is 13.3 Å². The Morgan fingerprint density at radius 3 is 2.61 bits per heavy atom. The lowest BCUT2D eigenvalue weighted by atomic mass is 10.2. The monoisotopic (exact) mass is 315 g/mol. The van der Waals surface area contributed by atoms with Gasteiger partial charge in [-0.2, -0.15) is 5.10 Å². The molecule has 0 aliphatic rings. The van der Waals surface area contributed by atoms with Crippen LogP contribution in [0.2, 0.25) is 0 Å². The summed E-state index contributed by atoms with van der Waals surface area (Å²) in [5.41, 5.74) is 2.98. The number of hydrogen-bond acceptors (Lipinski definition) is 5. The van der Waals surface area contributed by atoms with E-state index in [0.29, 0.717) is 17.9 Å². The number of nitrogens with one attached hydrogen (secondary N) is 1. The van der Waals surface area contributed by atoms with Crippen molar-refractivity contribution in [1.29, 1.82) is 0 Å². The Morgan fingerprint density at radius 1 is 1.26 bits per heavy atom. The number of anilines is 1. The maximum atomic E-state index is 12.0.